The number of hydrogen-bond acceptors (Lipinski definition) is 5. The SMILES string of the molecule is CC(OCC1CCCO1)C(=O)OC(C(=O)Nc1ccccc1Cl)C(C)C. The lowest BCUT2D eigenvalue weighted by Gasteiger charge is -2.23. The molecule has 1 aromatic rings. The maximum Gasteiger partial charge on any atom is 0.335 e. The summed E-state index contributed by atoms with van der Waals surface area (Å²) in [5.41, 5.74) is 0.476. The number of hydrogen-bond donors (Lipinski definition) is 1. The number of esters is 1. The van der Waals surface area contributed by atoms with Crippen LogP contribution in [0, 0.1) is 5.92 Å². The Morgan fingerprint density at radius 1 is 1.31 bits per heavy atom. The van der Waals surface area contributed by atoms with E-state index in [1.807, 2.05) is 13.8 Å². The average molecular weight is 384 g/mol. The van der Waals surface area contributed by atoms with E-state index in [0.29, 0.717) is 17.3 Å². The van der Waals surface area contributed by atoms with Crippen molar-refractivity contribution in [3.63, 3.8) is 0 Å². The molecule has 1 heterocycles. The Morgan fingerprint density at radius 3 is 2.65 bits per heavy atom. The van der Waals surface area contributed by atoms with E-state index in [1.54, 1.807) is 31.2 Å². The molecular weight excluding hydrogens is 358 g/mol. The van der Waals surface area contributed by atoms with E-state index in [-0.39, 0.29) is 12.0 Å². The molecule has 3 atom stereocenters. The van der Waals surface area contributed by atoms with Gasteiger partial charge in [0.05, 0.1) is 23.4 Å². The topological polar surface area (TPSA) is 73.9 Å². The van der Waals surface area contributed by atoms with Gasteiger partial charge in [0.25, 0.3) is 5.91 Å². The first-order valence-corrected chi connectivity index (χ1v) is 9.25. The fourth-order valence-corrected chi connectivity index (χ4v) is 2.76. The van der Waals surface area contributed by atoms with Crippen molar-refractivity contribution >= 4 is 29.2 Å². The fraction of sp³-hybridized carbons (Fsp3) is 0.579. The van der Waals surface area contributed by atoms with Crippen molar-refractivity contribution in [1.82, 2.24) is 0 Å². The van der Waals surface area contributed by atoms with Crippen LogP contribution in [0.2, 0.25) is 5.02 Å². The zero-order chi connectivity index (χ0) is 19.1. The van der Waals surface area contributed by atoms with Crippen LogP contribution >= 0.6 is 11.6 Å². The molecule has 0 aliphatic carbocycles. The molecule has 0 spiro atoms. The maximum atomic E-state index is 12.5. The van der Waals surface area contributed by atoms with E-state index >= 15 is 0 Å². The molecule has 0 saturated carbocycles. The molecule has 1 fully saturated rings. The van der Waals surface area contributed by atoms with Crippen LogP contribution < -0.4 is 5.32 Å². The van der Waals surface area contributed by atoms with Crippen LogP contribution in [0.1, 0.15) is 33.6 Å². The van der Waals surface area contributed by atoms with Gasteiger partial charge in [0.15, 0.2) is 12.2 Å². The zero-order valence-electron chi connectivity index (χ0n) is 15.4. The quantitative estimate of drug-likeness (QED) is 0.696. The highest BCUT2D eigenvalue weighted by Gasteiger charge is 2.30. The first kappa shape index (κ1) is 20.7. The lowest BCUT2D eigenvalue weighted by atomic mass is 10.1. The summed E-state index contributed by atoms with van der Waals surface area (Å²) in [6.07, 6.45) is 0.247. The van der Waals surface area contributed by atoms with Crippen molar-refractivity contribution in [2.24, 2.45) is 5.92 Å². The second-order valence-corrected chi connectivity index (χ2v) is 7.09. The first-order chi connectivity index (χ1) is 12.4. The van der Waals surface area contributed by atoms with E-state index in [2.05, 4.69) is 5.32 Å². The van der Waals surface area contributed by atoms with E-state index < -0.39 is 24.1 Å². The van der Waals surface area contributed by atoms with Crippen LogP contribution in [0.25, 0.3) is 0 Å². The Bertz CT molecular complexity index is 616. The van der Waals surface area contributed by atoms with Crippen molar-refractivity contribution in [2.75, 3.05) is 18.5 Å². The highest BCUT2D eigenvalue weighted by atomic mass is 35.5. The normalized spacial score (nSPS) is 19.2. The van der Waals surface area contributed by atoms with Crippen molar-refractivity contribution in [2.45, 2.75) is 51.9 Å². The molecule has 1 aliphatic heterocycles. The smallest absolute Gasteiger partial charge is 0.335 e. The Labute approximate surface area is 159 Å². The summed E-state index contributed by atoms with van der Waals surface area (Å²) in [5.74, 6) is -1.20. The van der Waals surface area contributed by atoms with Gasteiger partial charge in [-0.1, -0.05) is 37.6 Å². The van der Waals surface area contributed by atoms with Crippen LogP contribution in [0.15, 0.2) is 24.3 Å². The van der Waals surface area contributed by atoms with Gasteiger partial charge >= 0.3 is 5.97 Å². The second kappa shape index (κ2) is 9.90. The summed E-state index contributed by atoms with van der Waals surface area (Å²) in [7, 11) is 0. The molecule has 1 saturated heterocycles. The largest absolute Gasteiger partial charge is 0.450 e. The number of anilines is 1. The molecule has 2 rings (SSSR count). The lowest BCUT2D eigenvalue weighted by molar-refractivity contribution is -0.168. The minimum absolute atomic E-state index is 0.0228. The van der Waals surface area contributed by atoms with Crippen LogP contribution in [0.5, 0.6) is 0 Å². The van der Waals surface area contributed by atoms with E-state index in [1.165, 1.54) is 0 Å². The van der Waals surface area contributed by atoms with Crippen molar-refractivity contribution in [1.29, 1.82) is 0 Å². The Hall–Kier alpha value is -1.63. The van der Waals surface area contributed by atoms with Gasteiger partial charge in [0.2, 0.25) is 0 Å². The molecule has 1 aliphatic rings. The summed E-state index contributed by atoms with van der Waals surface area (Å²) < 4.78 is 16.4. The van der Waals surface area contributed by atoms with Gasteiger partial charge in [-0.3, -0.25) is 4.79 Å². The number of benzene rings is 1. The summed E-state index contributed by atoms with van der Waals surface area (Å²) in [6.45, 7) is 6.30. The Kier molecular flexibility index (Phi) is 7.87. The monoisotopic (exact) mass is 383 g/mol. The molecule has 26 heavy (non-hydrogen) atoms. The lowest BCUT2D eigenvalue weighted by Crippen LogP contribution is -2.39. The van der Waals surface area contributed by atoms with E-state index in [0.717, 1.165) is 19.4 Å². The number of para-hydroxylation sites is 1. The fourth-order valence-electron chi connectivity index (χ4n) is 2.58. The minimum atomic E-state index is -0.937. The maximum absolute atomic E-state index is 12.5. The van der Waals surface area contributed by atoms with Crippen LogP contribution in [-0.2, 0) is 23.8 Å². The number of nitrogens with one attached hydrogen (secondary N) is 1. The van der Waals surface area contributed by atoms with Crippen molar-refractivity contribution in [3.05, 3.63) is 29.3 Å². The first-order valence-electron chi connectivity index (χ1n) is 8.87. The van der Waals surface area contributed by atoms with Gasteiger partial charge in [-0.05, 0) is 37.8 Å². The van der Waals surface area contributed by atoms with Crippen LogP contribution in [0.3, 0.4) is 0 Å². The second-order valence-electron chi connectivity index (χ2n) is 6.68. The number of carbonyl (C=O) groups excluding carboxylic acids is 2. The summed E-state index contributed by atoms with van der Waals surface area (Å²) in [6, 6.07) is 6.89. The molecule has 144 valence electrons. The molecule has 0 aromatic heterocycles. The summed E-state index contributed by atoms with van der Waals surface area (Å²) >= 11 is 6.06. The predicted octanol–water partition coefficient (Wildman–Crippen LogP) is 3.43. The van der Waals surface area contributed by atoms with Crippen LogP contribution in [0.4, 0.5) is 5.69 Å². The number of rotatable bonds is 8. The molecule has 0 bridgehead atoms. The number of ether oxygens (including phenoxy) is 3. The van der Waals surface area contributed by atoms with Crippen molar-refractivity contribution < 1.29 is 23.8 Å². The van der Waals surface area contributed by atoms with E-state index in [4.69, 9.17) is 25.8 Å². The molecule has 1 amide bonds. The number of carbonyl (C=O) groups is 2. The van der Waals surface area contributed by atoms with Gasteiger partial charge in [-0.25, -0.2) is 4.79 Å². The molecule has 0 radical (unpaired) electrons. The van der Waals surface area contributed by atoms with Gasteiger partial charge in [0, 0.05) is 6.61 Å². The van der Waals surface area contributed by atoms with Gasteiger partial charge < -0.3 is 19.5 Å². The third-order valence-electron chi connectivity index (χ3n) is 4.13. The number of halogens is 1. The average Bonchev–Trinajstić information content (AvgIpc) is 3.12. The highest BCUT2D eigenvalue weighted by molar-refractivity contribution is 6.33. The minimum Gasteiger partial charge on any atom is -0.450 e. The molecular formula is C19H26ClNO5. The standard InChI is InChI=1S/C19H26ClNO5/c1-12(2)17(18(22)21-16-9-5-4-8-15(16)20)26-19(23)13(3)25-11-14-7-6-10-24-14/h4-5,8-9,12-14,17H,6-7,10-11H2,1-3H3,(H,21,22). The predicted molar refractivity (Wildman–Crippen MR) is 99.2 cm³/mol. The highest BCUT2D eigenvalue weighted by Crippen LogP contribution is 2.22. The molecule has 1 aromatic carbocycles. The molecule has 6 nitrogen and oxygen atoms in total. The van der Waals surface area contributed by atoms with Crippen molar-refractivity contribution in [3.8, 4) is 0 Å². The number of amides is 1. The molecule has 3 unspecified atom stereocenters. The zero-order valence-corrected chi connectivity index (χ0v) is 16.1. The van der Waals surface area contributed by atoms with Gasteiger partial charge in [-0.15, -0.1) is 0 Å². The van der Waals surface area contributed by atoms with Gasteiger partial charge in [0.1, 0.15) is 0 Å². The Balaban J connectivity index is 1.90. The van der Waals surface area contributed by atoms with E-state index in [9.17, 15) is 9.59 Å². The molecule has 1 N–H and O–H groups in total. The third kappa shape index (κ3) is 5.97. The summed E-state index contributed by atoms with van der Waals surface area (Å²) in [5, 5.41) is 3.12. The molecule has 7 heteroatoms. The third-order valence-corrected chi connectivity index (χ3v) is 4.46. The Morgan fingerprint density at radius 2 is 2.04 bits per heavy atom. The van der Waals surface area contributed by atoms with Gasteiger partial charge in [-0.2, -0.15) is 0 Å². The van der Waals surface area contributed by atoms with Crippen LogP contribution in [-0.4, -0.2) is 43.4 Å². The summed E-state index contributed by atoms with van der Waals surface area (Å²) in [4.78, 5) is 24.8.